The lowest BCUT2D eigenvalue weighted by Gasteiger charge is -2.09. The normalized spacial score (nSPS) is 10.8. The van der Waals surface area contributed by atoms with Crippen molar-refractivity contribution in [3.05, 3.63) is 30.0 Å². The molecule has 0 saturated heterocycles. The molecule has 1 aromatic heterocycles. The van der Waals surface area contributed by atoms with Crippen LogP contribution in [-0.4, -0.2) is 11.1 Å². The number of nitrogens with zero attached hydrogens (tertiary/aromatic N) is 1. The smallest absolute Gasteiger partial charge is 0.292 e. The van der Waals surface area contributed by atoms with Crippen molar-refractivity contribution in [1.82, 2.24) is 4.98 Å². The Kier molecular flexibility index (Phi) is 3.04. The number of oxazole rings is 1. The van der Waals surface area contributed by atoms with Gasteiger partial charge in [0.2, 0.25) is 0 Å². The fraction of sp³-hybridized carbons (Fsp3) is 0.308. The van der Waals surface area contributed by atoms with Gasteiger partial charge in [0.05, 0.1) is 11.8 Å². The number of hydrogen-bond donors (Lipinski definition) is 1. The third-order valence-electron chi connectivity index (χ3n) is 2.30. The molecule has 2 N–H and O–H groups in total. The van der Waals surface area contributed by atoms with Crippen molar-refractivity contribution in [2.24, 2.45) is 0 Å². The van der Waals surface area contributed by atoms with Gasteiger partial charge in [-0.2, -0.15) is 4.98 Å². The molecule has 90 valence electrons. The van der Waals surface area contributed by atoms with E-state index in [0.717, 1.165) is 17.0 Å². The Morgan fingerprint density at radius 3 is 2.35 bits per heavy atom. The molecular weight excluding hydrogens is 216 g/mol. The van der Waals surface area contributed by atoms with Gasteiger partial charge >= 0.3 is 0 Å². The van der Waals surface area contributed by atoms with Crippen molar-refractivity contribution in [3.8, 4) is 17.1 Å². The van der Waals surface area contributed by atoms with Gasteiger partial charge in [-0.05, 0) is 45.0 Å². The van der Waals surface area contributed by atoms with Crippen LogP contribution < -0.4 is 10.5 Å². The van der Waals surface area contributed by atoms with Gasteiger partial charge in [0.15, 0.2) is 5.76 Å². The number of aryl methyl sites for hydroxylation is 1. The minimum absolute atomic E-state index is 0.170. The second kappa shape index (κ2) is 4.49. The lowest BCUT2D eigenvalue weighted by Crippen LogP contribution is -2.05. The Morgan fingerprint density at radius 1 is 1.24 bits per heavy atom. The van der Waals surface area contributed by atoms with E-state index in [4.69, 9.17) is 14.9 Å². The molecular formula is C13H16N2O2. The van der Waals surface area contributed by atoms with Crippen molar-refractivity contribution < 1.29 is 9.15 Å². The average molecular weight is 232 g/mol. The fourth-order valence-corrected chi connectivity index (χ4v) is 1.64. The maximum atomic E-state index is 5.57. The Balaban J connectivity index is 2.26. The molecule has 1 heterocycles. The molecule has 0 amide bonds. The summed E-state index contributed by atoms with van der Waals surface area (Å²) in [6.07, 6.45) is 0.170. The Bertz CT molecular complexity index is 501. The number of rotatable bonds is 3. The molecule has 4 nitrogen and oxygen atoms in total. The fourth-order valence-electron chi connectivity index (χ4n) is 1.64. The SMILES string of the molecule is Cc1nc(N)oc1-c1ccc(OC(C)C)cc1. The average Bonchev–Trinajstić information content (AvgIpc) is 2.58. The van der Waals surface area contributed by atoms with E-state index < -0.39 is 0 Å². The van der Waals surface area contributed by atoms with E-state index in [1.807, 2.05) is 45.0 Å². The van der Waals surface area contributed by atoms with E-state index in [9.17, 15) is 0 Å². The molecule has 0 aliphatic carbocycles. The van der Waals surface area contributed by atoms with Crippen LogP contribution in [0.15, 0.2) is 28.7 Å². The Morgan fingerprint density at radius 2 is 1.88 bits per heavy atom. The first-order valence-corrected chi connectivity index (χ1v) is 5.56. The quantitative estimate of drug-likeness (QED) is 0.883. The van der Waals surface area contributed by atoms with E-state index in [-0.39, 0.29) is 12.1 Å². The molecule has 0 spiro atoms. The van der Waals surface area contributed by atoms with E-state index in [0.29, 0.717) is 5.76 Å². The van der Waals surface area contributed by atoms with Crippen LogP contribution in [0.1, 0.15) is 19.5 Å². The molecule has 0 bridgehead atoms. The van der Waals surface area contributed by atoms with E-state index in [2.05, 4.69) is 4.98 Å². The number of benzene rings is 1. The third kappa shape index (κ3) is 2.58. The van der Waals surface area contributed by atoms with Crippen LogP contribution in [0.25, 0.3) is 11.3 Å². The third-order valence-corrected chi connectivity index (χ3v) is 2.30. The molecule has 1 aromatic carbocycles. The summed E-state index contributed by atoms with van der Waals surface area (Å²) in [7, 11) is 0. The first-order chi connectivity index (χ1) is 8.06. The maximum absolute atomic E-state index is 5.57. The molecule has 0 atom stereocenters. The summed E-state index contributed by atoms with van der Waals surface area (Å²) < 4.78 is 10.9. The summed E-state index contributed by atoms with van der Waals surface area (Å²) in [6, 6.07) is 7.89. The highest BCUT2D eigenvalue weighted by Crippen LogP contribution is 2.27. The summed E-state index contributed by atoms with van der Waals surface area (Å²) in [5, 5.41) is 0. The molecule has 0 aliphatic rings. The van der Waals surface area contributed by atoms with Gasteiger partial charge < -0.3 is 14.9 Å². The largest absolute Gasteiger partial charge is 0.491 e. The van der Waals surface area contributed by atoms with Crippen molar-refractivity contribution in [2.75, 3.05) is 5.73 Å². The molecule has 0 radical (unpaired) electrons. The lowest BCUT2D eigenvalue weighted by atomic mass is 10.1. The number of aromatic nitrogens is 1. The summed E-state index contributed by atoms with van der Waals surface area (Å²) in [5.74, 6) is 1.55. The lowest BCUT2D eigenvalue weighted by molar-refractivity contribution is 0.242. The number of hydrogen-bond acceptors (Lipinski definition) is 4. The summed E-state index contributed by atoms with van der Waals surface area (Å²) >= 11 is 0. The van der Waals surface area contributed by atoms with Crippen molar-refractivity contribution in [1.29, 1.82) is 0 Å². The monoisotopic (exact) mass is 232 g/mol. The van der Waals surface area contributed by atoms with Gasteiger partial charge in [-0.15, -0.1) is 0 Å². The van der Waals surface area contributed by atoms with Gasteiger partial charge in [0, 0.05) is 5.56 Å². The highest BCUT2D eigenvalue weighted by atomic mass is 16.5. The second-order valence-corrected chi connectivity index (χ2v) is 4.16. The molecule has 4 heteroatoms. The maximum Gasteiger partial charge on any atom is 0.292 e. The van der Waals surface area contributed by atoms with Crippen molar-refractivity contribution in [2.45, 2.75) is 26.9 Å². The molecule has 0 fully saturated rings. The van der Waals surface area contributed by atoms with Crippen LogP contribution in [-0.2, 0) is 0 Å². The Labute approximate surface area is 100 Å². The number of anilines is 1. The van der Waals surface area contributed by atoms with Crippen LogP contribution in [0.4, 0.5) is 6.01 Å². The van der Waals surface area contributed by atoms with E-state index in [1.165, 1.54) is 0 Å². The van der Waals surface area contributed by atoms with Crippen molar-refractivity contribution in [3.63, 3.8) is 0 Å². The van der Waals surface area contributed by atoms with Gasteiger partial charge in [0.25, 0.3) is 6.01 Å². The number of ether oxygens (including phenoxy) is 1. The zero-order chi connectivity index (χ0) is 12.4. The topological polar surface area (TPSA) is 61.3 Å². The second-order valence-electron chi connectivity index (χ2n) is 4.16. The van der Waals surface area contributed by atoms with Crippen LogP contribution in [0.2, 0.25) is 0 Å². The molecule has 17 heavy (non-hydrogen) atoms. The highest BCUT2D eigenvalue weighted by Gasteiger charge is 2.09. The van der Waals surface area contributed by atoms with Gasteiger partial charge in [-0.3, -0.25) is 0 Å². The van der Waals surface area contributed by atoms with Crippen LogP contribution in [0.3, 0.4) is 0 Å². The van der Waals surface area contributed by atoms with Gasteiger partial charge in [0.1, 0.15) is 5.75 Å². The Hall–Kier alpha value is -1.97. The van der Waals surface area contributed by atoms with Crippen LogP contribution in [0, 0.1) is 6.92 Å². The first-order valence-electron chi connectivity index (χ1n) is 5.56. The zero-order valence-corrected chi connectivity index (χ0v) is 10.2. The molecule has 2 aromatic rings. The zero-order valence-electron chi connectivity index (χ0n) is 10.2. The summed E-state index contributed by atoms with van der Waals surface area (Å²) in [4.78, 5) is 4.04. The minimum atomic E-state index is 0.170. The predicted molar refractivity (Wildman–Crippen MR) is 66.9 cm³/mol. The van der Waals surface area contributed by atoms with E-state index in [1.54, 1.807) is 0 Å². The van der Waals surface area contributed by atoms with Gasteiger partial charge in [-0.1, -0.05) is 0 Å². The number of nitrogen functional groups attached to an aromatic ring is 1. The molecule has 2 rings (SSSR count). The first kappa shape index (κ1) is 11.5. The summed E-state index contributed by atoms with van der Waals surface area (Å²) in [6.45, 7) is 5.86. The van der Waals surface area contributed by atoms with Gasteiger partial charge in [-0.25, -0.2) is 0 Å². The highest BCUT2D eigenvalue weighted by molar-refractivity contribution is 5.61. The predicted octanol–water partition coefficient (Wildman–Crippen LogP) is 3.02. The molecule has 0 saturated carbocycles. The number of nitrogens with two attached hydrogens (primary N) is 1. The molecule has 0 aliphatic heterocycles. The van der Waals surface area contributed by atoms with Crippen molar-refractivity contribution >= 4 is 6.01 Å². The van der Waals surface area contributed by atoms with E-state index >= 15 is 0 Å². The van der Waals surface area contributed by atoms with Crippen LogP contribution >= 0.6 is 0 Å². The van der Waals surface area contributed by atoms with Crippen LogP contribution in [0.5, 0.6) is 5.75 Å². The minimum Gasteiger partial charge on any atom is -0.491 e. The molecule has 0 unspecified atom stereocenters. The summed E-state index contributed by atoms with van der Waals surface area (Å²) in [5.41, 5.74) is 7.25. The standard InChI is InChI=1S/C13H16N2O2/c1-8(2)16-11-6-4-10(5-7-11)12-9(3)15-13(14)17-12/h4-8H,1-3H3,(H2,14,15).